The molecule has 2 aliphatic rings. The van der Waals surface area contributed by atoms with E-state index in [4.69, 9.17) is 4.74 Å². The zero-order valence-corrected chi connectivity index (χ0v) is 56.4. The summed E-state index contributed by atoms with van der Waals surface area (Å²) < 4.78 is 5.69. The number of carbonyl (C=O) groups is 12. The van der Waals surface area contributed by atoms with E-state index in [1.165, 1.54) is 71.1 Å². The third-order valence-electron chi connectivity index (χ3n) is 17.5. The van der Waals surface area contributed by atoms with Gasteiger partial charge in [-0.3, -0.25) is 57.5 Å². The third-order valence-corrected chi connectivity index (χ3v) is 18.4. The Labute approximate surface area is 562 Å². The van der Waals surface area contributed by atoms with Crippen LogP contribution in [0.15, 0.2) is 97.2 Å². The zero-order valence-electron chi connectivity index (χ0n) is 55.5. The Bertz CT molecular complexity index is 3640. The number of hydrogen-bond donors (Lipinski definition) is 9. The van der Waals surface area contributed by atoms with Crippen LogP contribution in [0.5, 0.6) is 11.5 Å². The van der Waals surface area contributed by atoms with Gasteiger partial charge in [0, 0.05) is 105 Å². The zero-order chi connectivity index (χ0) is 69.9. The van der Waals surface area contributed by atoms with Gasteiger partial charge in [0.05, 0.1) is 36.6 Å². The van der Waals surface area contributed by atoms with Crippen molar-refractivity contribution in [2.45, 2.75) is 162 Å². The number of phenols is 2. The van der Waals surface area contributed by atoms with E-state index in [9.17, 15) is 67.7 Å². The Morgan fingerprint density at radius 3 is 1.86 bits per heavy atom. The number of nitrogens with zero attached hydrogens (tertiary/aromatic N) is 1. The van der Waals surface area contributed by atoms with Gasteiger partial charge >= 0.3 is 5.97 Å². The van der Waals surface area contributed by atoms with Crippen LogP contribution in [0.1, 0.15) is 145 Å². The predicted octanol–water partition coefficient (Wildman–Crippen LogP) is 6.46. The molecule has 0 radical (unpaired) electrons. The molecule has 5 aromatic rings. The maximum atomic E-state index is 14.2. The minimum atomic E-state index is -1.22. The summed E-state index contributed by atoms with van der Waals surface area (Å²) in [6, 6.07) is 20.9. The highest BCUT2D eigenvalue weighted by molar-refractivity contribution is 7.15. The quantitative estimate of drug-likeness (QED) is 0.0317. The van der Waals surface area contributed by atoms with Crippen LogP contribution in [-0.4, -0.2) is 135 Å². The van der Waals surface area contributed by atoms with Crippen molar-refractivity contribution in [3.05, 3.63) is 130 Å². The summed E-state index contributed by atoms with van der Waals surface area (Å²) in [5.74, 6) is -11.4. The van der Waals surface area contributed by atoms with Gasteiger partial charge in [-0.25, -0.2) is 4.98 Å². The Morgan fingerprint density at radius 2 is 1.21 bits per heavy atom. The molecule has 0 saturated carbocycles. The molecule has 4 aromatic carbocycles. The lowest BCUT2D eigenvalue weighted by molar-refractivity contribution is -0.147. The second-order valence-electron chi connectivity index (χ2n) is 25.6. The molecule has 10 atom stereocenters. The van der Waals surface area contributed by atoms with Crippen molar-refractivity contribution in [3.8, 4) is 22.6 Å². The van der Waals surface area contributed by atoms with Gasteiger partial charge in [0.2, 0.25) is 35.4 Å². The lowest BCUT2D eigenvalue weighted by atomic mass is 9.93. The summed E-state index contributed by atoms with van der Waals surface area (Å²) in [7, 11) is 0. The van der Waals surface area contributed by atoms with E-state index in [1.54, 1.807) is 44.3 Å². The van der Waals surface area contributed by atoms with E-state index >= 15 is 0 Å². The van der Waals surface area contributed by atoms with Crippen molar-refractivity contribution in [1.29, 1.82) is 0 Å². The van der Waals surface area contributed by atoms with Crippen molar-refractivity contribution in [2.24, 2.45) is 29.6 Å². The fourth-order valence-electron chi connectivity index (χ4n) is 11.4. The Kier molecular flexibility index (Phi) is 26.8. The first-order valence-corrected chi connectivity index (χ1v) is 33.5. The molecule has 0 fully saturated rings. The third kappa shape index (κ3) is 21.3. The number of ketones is 5. The number of carbonyl (C=O) groups excluding carboxylic acids is 12. The number of hydrogen-bond acceptors (Lipinski definition) is 18. The highest BCUT2D eigenvalue weighted by Crippen LogP contribution is 2.44. The van der Waals surface area contributed by atoms with Crippen molar-refractivity contribution in [1.82, 2.24) is 36.9 Å². The topological polar surface area (TPSA) is 352 Å². The number of aromatic nitrogens is 1. The van der Waals surface area contributed by atoms with Gasteiger partial charge in [-0.1, -0.05) is 107 Å². The van der Waals surface area contributed by atoms with Crippen LogP contribution in [0, 0.1) is 29.6 Å². The van der Waals surface area contributed by atoms with E-state index in [0.717, 1.165) is 27.1 Å². The van der Waals surface area contributed by atoms with Crippen molar-refractivity contribution in [2.75, 3.05) is 25.0 Å². The molecule has 7 rings (SSSR count). The van der Waals surface area contributed by atoms with Crippen LogP contribution in [0.25, 0.3) is 11.1 Å². The second-order valence-corrected chi connectivity index (χ2v) is 26.7. The van der Waals surface area contributed by atoms with Gasteiger partial charge in [0.25, 0.3) is 0 Å². The van der Waals surface area contributed by atoms with Gasteiger partial charge in [-0.15, -0.1) is 11.3 Å². The van der Waals surface area contributed by atoms with Crippen molar-refractivity contribution >= 4 is 86.8 Å². The van der Waals surface area contributed by atoms with Gasteiger partial charge in [-0.05, 0) is 97.2 Å². The molecule has 6 amide bonds. The molecule has 23 nitrogen and oxygen atoms in total. The molecule has 512 valence electrons. The molecule has 4 bridgehead atoms. The fourth-order valence-corrected chi connectivity index (χ4v) is 12.3. The second kappa shape index (κ2) is 34.8. The number of benzene rings is 4. The Morgan fingerprint density at radius 1 is 0.635 bits per heavy atom. The highest BCUT2D eigenvalue weighted by atomic mass is 32.1. The van der Waals surface area contributed by atoms with E-state index in [-0.39, 0.29) is 87.1 Å². The minimum absolute atomic E-state index is 0.0127. The fraction of sp³-hybridized carbons (Fsp3) is 0.458. The highest BCUT2D eigenvalue weighted by Gasteiger charge is 2.34. The smallest absolute Gasteiger partial charge is 0.306 e. The van der Waals surface area contributed by atoms with Crippen molar-refractivity contribution in [3.63, 3.8) is 0 Å². The van der Waals surface area contributed by atoms with E-state index in [2.05, 4.69) is 42.2 Å². The summed E-state index contributed by atoms with van der Waals surface area (Å²) in [6.45, 7) is 12.9. The normalized spacial score (nSPS) is 19.1. The standard InChI is InChI=1S/C72H88N8O15S/c1-39-28-61(84)45(7)77-69(92)41(3)30-63(86)57(35-48-20-23-60(83)49(33-48)36-51-37-75-72(96-51)74-27-13-26-73-67(39)90)79-65(88)25-24-59(82)44(6)76-68(91)42(4)31-64(87)58(34-47-18-21-50(81)22-19-47)80-71(94)40(2)29-62(85)46(8)78-70(93)43(5)32-66(89)95-38-56-54-16-11-9-14-52(54)53-15-10-12-17-55(53)56/h9-12,14-23,33,37,39-46,56-58,81,83H,13,24-32,34-36,38H2,1-8H3,(H,73,90)(H,74,75)(H,76,91)(H,77,92)(H,78,93)(H,79,88)(H,80,94)/t39-,40-,41-,42-,43-,44+,45+,46+,57+,58+/m1/s1. The monoisotopic (exact) mass is 1340 g/mol. The molecule has 0 spiro atoms. The summed E-state index contributed by atoms with van der Waals surface area (Å²) >= 11 is 1.37. The van der Waals surface area contributed by atoms with Gasteiger partial charge in [-0.2, -0.15) is 0 Å². The Hall–Kier alpha value is -9.45. The number of Topliss-reactive ketones (excluding diaryl/α,β-unsaturated/α-hetero) is 5. The largest absolute Gasteiger partial charge is 0.508 e. The first-order valence-electron chi connectivity index (χ1n) is 32.7. The Balaban J connectivity index is 0.908. The molecule has 2 heterocycles. The lowest BCUT2D eigenvalue weighted by Crippen LogP contribution is -2.47. The van der Waals surface area contributed by atoms with E-state index < -0.39 is 131 Å². The number of rotatable bonds is 23. The first-order chi connectivity index (χ1) is 45.6. The van der Waals surface area contributed by atoms with Gasteiger partial charge in [0.15, 0.2) is 34.0 Å². The number of anilines is 1. The summed E-state index contributed by atoms with van der Waals surface area (Å²) in [6.07, 6.45) is 0.153. The molecular formula is C72H88N8O15S. The molecule has 1 aliphatic carbocycles. The summed E-state index contributed by atoms with van der Waals surface area (Å²) in [4.78, 5) is 167. The number of fused-ring (bicyclic) bond motifs is 7. The number of nitrogens with one attached hydrogen (secondary N) is 7. The van der Waals surface area contributed by atoms with E-state index in [0.29, 0.717) is 41.3 Å². The summed E-state index contributed by atoms with van der Waals surface area (Å²) in [5.41, 5.74) is 5.87. The van der Waals surface area contributed by atoms with Crippen LogP contribution in [0.4, 0.5) is 5.13 Å². The molecule has 24 heteroatoms. The number of aromatic hydroxyl groups is 2. The molecule has 0 saturated heterocycles. The minimum Gasteiger partial charge on any atom is -0.508 e. The van der Waals surface area contributed by atoms with Gasteiger partial charge in [0.1, 0.15) is 18.1 Å². The number of phenolic OH excluding ortho intramolecular Hbond substituents is 2. The molecular weight excluding hydrogens is 1250 g/mol. The number of ether oxygens (including phenoxy) is 1. The van der Waals surface area contributed by atoms with Crippen LogP contribution < -0.4 is 37.2 Å². The molecule has 96 heavy (non-hydrogen) atoms. The lowest BCUT2D eigenvalue weighted by Gasteiger charge is -2.23. The number of amides is 6. The average molecular weight is 1340 g/mol. The van der Waals surface area contributed by atoms with Crippen LogP contribution >= 0.6 is 11.3 Å². The molecule has 0 unspecified atom stereocenters. The summed E-state index contributed by atoms with van der Waals surface area (Å²) in [5, 5.41) is 40.9. The molecule has 9 N–H and O–H groups in total. The van der Waals surface area contributed by atoms with Gasteiger partial charge < -0.3 is 52.2 Å². The van der Waals surface area contributed by atoms with Crippen LogP contribution in [0.2, 0.25) is 0 Å². The van der Waals surface area contributed by atoms with E-state index in [1.807, 2.05) is 48.5 Å². The number of thiazole rings is 1. The maximum absolute atomic E-state index is 14.2. The average Bonchev–Trinajstić information content (AvgIpc) is 1.62. The SMILES string of the molecule is C[C@@H]1CC(=O)[C@H](C)NC(=O)[C@H](C)CC(=O)[C@@H](NC(=O)CCC(=O)[C@H](C)NC(=O)[C@H](C)CC(=O)[C@H](Cc2ccc(O)cc2)NC(=O)[C@H](C)CC(=O)[C@H](C)NC(=O)[C@H](C)CC(=O)OCC2c3ccccc3-c3ccccc32)Cc2ccc(O)c(c2)Cc2cnc(s2)NCCCNC1=O. The first kappa shape index (κ1) is 74.0. The van der Waals surface area contributed by atoms with Crippen molar-refractivity contribution < 1.29 is 72.5 Å². The van der Waals surface area contributed by atoms with Crippen LogP contribution in [-0.2, 0) is 81.5 Å². The number of esters is 1. The van der Waals surface area contributed by atoms with Crippen LogP contribution in [0.3, 0.4) is 0 Å². The molecule has 1 aromatic heterocycles. The molecule has 1 aliphatic heterocycles. The maximum Gasteiger partial charge on any atom is 0.306 e. The predicted molar refractivity (Wildman–Crippen MR) is 359 cm³/mol.